The standard InChI is InChI=1S/C23H28N2O2/c1-14-7-6-8-15(2)20(14)25-22(27)19-13-18(19)21(26)24-17-11-9-16(10-12-17)23(3,4)5/h6-12,18-19H,13H2,1-5H3,(H,24,26)(H,25,27). The summed E-state index contributed by atoms with van der Waals surface area (Å²) in [7, 11) is 0. The lowest BCUT2D eigenvalue weighted by Gasteiger charge is -2.19. The van der Waals surface area contributed by atoms with Gasteiger partial charge in [0.2, 0.25) is 11.8 Å². The number of amides is 2. The van der Waals surface area contributed by atoms with Gasteiger partial charge in [-0.3, -0.25) is 9.59 Å². The fourth-order valence-electron chi connectivity index (χ4n) is 3.29. The third-order valence-electron chi connectivity index (χ3n) is 5.21. The van der Waals surface area contributed by atoms with Gasteiger partial charge in [-0.1, -0.05) is 51.1 Å². The van der Waals surface area contributed by atoms with Crippen molar-refractivity contribution in [1.29, 1.82) is 0 Å². The monoisotopic (exact) mass is 364 g/mol. The summed E-state index contributed by atoms with van der Waals surface area (Å²) >= 11 is 0. The van der Waals surface area contributed by atoms with Crippen LogP contribution in [0.2, 0.25) is 0 Å². The van der Waals surface area contributed by atoms with Crippen LogP contribution in [0.5, 0.6) is 0 Å². The highest BCUT2D eigenvalue weighted by Gasteiger charge is 2.48. The molecule has 142 valence electrons. The van der Waals surface area contributed by atoms with Crippen molar-refractivity contribution < 1.29 is 9.59 Å². The fraction of sp³-hybridized carbons (Fsp3) is 0.391. The predicted octanol–water partition coefficient (Wildman–Crippen LogP) is 4.81. The quantitative estimate of drug-likeness (QED) is 0.817. The molecule has 2 amide bonds. The number of hydrogen-bond donors (Lipinski definition) is 2. The Morgan fingerprint density at radius 1 is 0.852 bits per heavy atom. The molecule has 27 heavy (non-hydrogen) atoms. The van der Waals surface area contributed by atoms with Crippen LogP contribution in [0.25, 0.3) is 0 Å². The number of benzene rings is 2. The van der Waals surface area contributed by atoms with Crippen molar-refractivity contribution in [3.05, 3.63) is 59.2 Å². The van der Waals surface area contributed by atoms with Crippen molar-refractivity contribution >= 4 is 23.2 Å². The van der Waals surface area contributed by atoms with Gasteiger partial charge in [-0.15, -0.1) is 0 Å². The van der Waals surface area contributed by atoms with Crippen molar-refractivity contribution in [3.8, 4) is 0 Å². The molecule has 4 nitrogen and oxygen atoms in total. The predicted molar refractivity (Wildman–Crippen MR) is 110 cm³/mol. The zero-order valence-electron chi connectivity index (χ0n) is 16.7. The fourth-order valence-corrected chi connectivity index (χ4v) is 3.29. The molecule has 1 aliphatic carbocycles. The first-order valence-electron chi connectivity index (χ1n) is 9.45. The van der Waals surface area contributed by atoms with Crippen LogP contribution in [0.15, 0.2) is 42.5 Å². The lowest BCUT2D eigenvalue weighted by Crippen LogP contribution is -2.21. The maximum atomic E-state index is 12.5. The molecule has 3 rings (SSSR count). The SMILES string of the molecule is Cc1cccc(C)c1NC(=O)C1CC1C(=O)Nc1ccc(C(C)(C)C)cc1. The van der Waals surface area contributed by atoms with Gasteiger partial charge in [0.15, 0.2) is 0 Å². The van der Waals surface area contributed by atoms with E-state index >= 15 is 0 Å². The molecule has 2 aromatic carbocycles. The summed E-state index contributed by atoms with van der Waals surface area (Å²) in [5.74, 6) is -0.662. The molecule has 2 aromatic rings. The number of para-hydroxylation sites is 1. The zero-order valence-corrected chi connectivity index (χ0v) is 16.7. The molecule has 1 saturated carbocycles. The molecular formula is C23H28N2O2. The first-order valence-corrected chi connectivity index (χ1v) is 9.45. The van der Waals surface area contributed by atoms with Crippen LogP contribution in [0, 0.1) is 25.7 Å². The summed E-state index contributed by atoms with van der Waals surface area (Å²) in [6.07, 6.45) is 0.600. The van der Waals surface area contributed by atoms with E-state index in [0.29, 0.717) is 6.42 Å². The van der Waals surface area contributed by atoms with Gasteiger partial charge in [0, 0.05) is 11.4 Å². The normalized spacial score (nSPS) is 18.7. The Bertz CT molecular complexity index is 843. The van der Waals surface area contributed by atoms with E-state index in [2.05, 4.69) is 31.4 Å². The van der Waals surface area contributed by atoms with Gasteiger partial charge in [-0.25, -0.2) is 0 Å². The average molecular weight is 364 g/mol. The highest BCUT2D eigenvalue weighted by Crippen LogP contribution is 2.40. The van der Waals surface area contributed by atoms with Gasteiger partial charge >= 0.3 is 0 Å². The molecule has 0 bridgehead atoms. The van der Waals surface area contributed by atoms with Gasteiger partial charge in [-0.05, 0) is 54.5 Å². The van der Waals surface area contributed by atoms with Crippen LogP contribution >= 0.6 is 0 Å². The molecule has 0 spiro atoms. The summed E-state index contributed by atoms with van der Waals surface area (Å²) in [5, 5.41) is 5.93. The highest BCUT2D eigenvalue weighted by molar-refractivity contribution is 6.03. The van der Waals surface area contributed by atoms with E-state index in [-0.39, 0.29) is 29.1 Å². The molecule has 0 saturated heterocycles. The molecule has 2 unspecified atom stereocenters. The molecule has 2 N–H and O–H groups in total. The molecule has 0 aromatic heterocycles. The second-order valence-electron chi connectivity index (χ2n) is 8.52. The average Bonchev–Trinajstić information content (AvgIpc) is 3.39. The van der Waals surface area contributed by atoms with E-state index in [4.69, 9.17) is 0 Å². The smallest absolute Gasteiger partial charge is 0.228 e. The zero-order chi connectivity index (χ0) is 19.8. The summed E-state index contributed by atoms with van der Waals surface area (Å²) in [5.41, 5.74) is 4.99. The summed E-state index contributed by atoms with van der Waals surface area (Å²) in [6, 6.07) is 13.8. The van der Waals surface area contributed by atoms with Crippen LogP contribution in [0.4, 0.5) is 11.4 Å². The van der Waals surface area contributed by atoms with Crippen molar-refractivity contribution in [2.75, 3.05) is 10.6 Å². The van der Waals surface area contributed by atoms with E-state index in [1.54, 1.807) is 0 Å². The Kier molecular flexibility index (Phi) is 5.09. The Labute approximate surface area is 161 Å². The molecule has 2 atom stereocenters. The number of carbonyl (C=O) groups excluding carboxylic acids is 2. The van der Waals surface area contributed by atoms with Crippen LogP contribution in [-0.4, -0.2) is 11.8 Å². The molecule has 1 fully saturated rings. The van der Waals surface area contributed by atoms with Crippen molar-refractivity contribution in [2.24, 2.45) is 11.8 Å². The first kappa shape index (κ1) is 19.2. The van der Waals surface area contributed by atoms with Gasteiger partial charge in [0.05, 0.1) is 11.8 Å². The van der Waals surface area contributed by atoms with Gasteiger partial charge < -0.3 is 10.6 Å². The van der Waals surface area contributed by atoms with Gasteiger partial charge in [-0.2, -0.15) is 0 Å². The van der Waals surface area contributed by atoms with Crippen molar-refractivity contribution in [1.82, 2.24) is 0 Å². The Balaban J connectivity index is 1.58. The van der Waals surface area contributed by atoms with E-state index in [0.717, 1.165) is 22.5 Å². The van der Waals surface area contributed by atoms with E-state index in [1.165, 1.54) is 5.56 Å². The second-order valence-corrected chi connectivity index (χ2v) is 8.52. The molecule has 1 aliphatic rings. The Morgan fingerprint density at radius 3 is 1.89 bits per heavy atom. The summed E-state index contributed by atoms with van der Waals surface area (Å²) in [6.45, 7) is 10.4. The molecule has 0 heterocycles. The topological polar surface area (TPSA) is 58.2 Å². The minimum absolute atomic E-state index is 0.0735. The molecule has 0 radical (unpaired) electrons. The molecule has 0 aliphatic heterocycles. The number of nitrogens with one attached hydrogen (secondary N) is 2. The minimum Gasteiger partial charge on any atom is -0.326 e. The van der Waals surface area contributed by atoms with Crippen LogP contribution in [0.1, 0.15) is 43.9 Å². The lowest BCUT2D eigenvalue weighted by molar-refractivity contribution is -0.122. The van der Waals surface area contributed by atoms with Crippen LogP contribution < -0.4 is 10.6 Å². The second kappa shape index (κ2) is 7.18. The third kappa shape index (κ3) is 4.38. The molecule has 4 heteroatoms. The van der Waals surface area contributed by atoms with Crippen LogP contribution in [-0.2, 0) is 15.0 Å². The van der Waals surface area contributed by atoms with Crippen LogP contribution in [0.3, 0.4) is 0 Å². The number of rotatable bonds is 4. The number of hydrogen-bond acceptors (Lipinski definition) is 2. The minimum atomic E-state index is -0.253. The van der Waals surface area contributed by atoms with Crippen molar-refractivity contribution in [3.63, 3.8) is 0 Å². The van der Waals surface area contributed by atoms with E-state index in [1.807, 2.05) is 56.3 Å². The number of carbonyl (C=O) groups is 2. The summed E-state index contributed by atoms with van der Waals surface area (Å²) in [4.78, 5) is 25.0. The maximum absolute atomic E-state index is 12.5. The van der Waals surface area contributed by atoms with Gasteiger partial charge in [0.1, 0.15) is 0 Å². The number of anilines is 2. The largest absolute Gasteiger partial charge is 0.326 e. The summed E-state index contributed by atoms with van der Waals surface area (Å²) < 4.78 is 0. The first-order chi connectivity index (χ1) is 12.7. The maximum Gasteiger partial charge on any atom is 0.228 e. The van der Waals surface area contributed by atoms with Crippen molar-refractivity contribution in [2.45, 2.75) is 46.5 Å². The van der Waals surface area contributed by atoms with E-state index in [9.17, 15) is 9.59 Å². The lowest BCUT2D eigenvalue weighted by atomic mass is 9.87. The highest BCUT2D eigenvalue weighted by atomic mass is 16.2. The Morgan fingerprint density at radius 2 is 1.37 bits per heavy atom. The van der Waals surface area contributed by atoms with E-state index < -0.39 is 0 Å². The number of aryl methyl sites for hydroxylation is 2. The van der Waals surface area contributed by atoms with Gasteiger partial charge in [0.25, 0.3) is 0 Å². The Hall–Kier alpha value is -2.62. The molecular weight excluding hydrogens is 336 g/mol. The third-order valence-corrected chi connectivity index (χ3v) is 5.21.